The predicted molar refractivity (Wildman–Crippen MR) is 66.5 cm³/mol. The second kappa shape index (κ2) is 6.67. The number of likely N-dealkylation sites (N-methyl/N-ethyl adjacent to an activating group) is 1. The summed E-state index contributed by atoms with van der Waals surface area (Å²) in [5.41, 5.74) is -0.361. The van der Waals surface area contributed by atoms with Gasteiger partial charge >= 0.3 is 0 Å². The van der Waals surface area contributed by atoms with Gasteiger partial charge in [-0.25, -0.2) is 4.39 Å². The van der Waals surface area contributed by atoms with Gasteiger partial charge in [0.25, 0.3) is 11.6 Å². The minimum Gasteiger partial charge on any atom is -0.481 e. The average Bonchev–Trinajstić information content (AvgIpc) is 2.38. The van der Waals surface area contributed by atoms with Crippen LogP contribution in [0.2, 0.25) is 0 Å². The fraction of sp³-hybridized carbons (Fsp3) is 0.417. The molecule has 0 radical (unpaired) electrons. The summed E-state index contributed by atoms with van der Waals surface area (Å²) in [6.07, 6.45) is 0. The van der Waals surface area contributed by atoms with E-state index >= 15 is 0 Å². The minimum absolute atomic E-state index is 0.175. The van der Waals surface area contributed by atoms with Crippen LogP contribution < -0.4 is 4.74 Å². The van der Waals surface area contributed by atoms with E-state index in [1.54, 1.807) is 4.90 Å². The standard InChI is InChI=1S/C12H15FN2O4/c1-3-14(4-2)12(16)8-19-11-6-5-9(15(17)18)7-10(11)13/h5-7H,3-4,8H2,1-2H3. The molecule has 1 amide bonds. The van der Waals surface area contributed by atoms with Crippen LogP contribution >= 0.6 is 0 Å². The smallest absolute Gasteiger partial charge is 0.272 e. The molecule has 0 aliphatic heterocycles. The van der Waals surface area contributed by atoms with Crippen LogP contribution in [0.3, 0.4) is 0 Å². The molecule has 0 aliphatic rings. The molecule has 0 saturated heterocycles. The summed E-state index contributed by atoms with van der Waals surface area (Å²) in [5.74, 6) is -1.30. The molecule has 1 aromatic rings. The van der Waals surface area contributed by atoms with Crippen molar-refractivity contribution in [1.29, 1.82) is 0 Å². The van der Waals surface area contributed by atoms with E-state index in [0.29, 0.717) is 13.1 Å². The fourth-order valence-corrected chi connectivity index (χ4v) is 1.53. The Balaban J connectivity index is 2.68. The Kier molecular flexibility index (Phi) is 5.23. The maximum atomic E-state index is 13.5. The molecule has 1 rings (SSSR count). The van der Waals surface area contributed by atoms with E-state index in [1.807, 2.05) is 13.8 Å². The minimum atomic E-state index is -0.860. The maximum absolute atomic E-state index is 13.5. The molecular formula is C12H15FN2O4. The first-order chi connectivity index (χ1) is 8.99. The van der Waals surface area contributed by atoms with Gasteiger partial charge in [-0.3, -0.25) is 14.9 Å². The third kappa shape index (κ3) is 3.90. The molecule has 0 bridgehead atoms. The van der Waals surface area contributed by atoms with Crippen molar-refractivity contribution in [2.45, 2.75) is 13.8 Å². The second-order valence-corrected chi connectivity index (χ2v) is 3.73. The van der Waals surface area contributed by atoms with Crippen molar-refractivity contribution >= 4 is 11.6 Å². The molecule has 104 valence electrons. The lowest BCUT2D eigenvalue weighted by molar-refractivity contribution is -0.385. The first kappa shape index (κ1) is 14.9. The van der Waals surface area contributed by atoms with Gasteiger partial charge in [0.15, 0.2) is 18.2 Å². The Morgan fingerprint density at radius 3 is 2.53 bits per heavy atom. The SMILES string of the molecule is CCN(CC)C(=O)COc1ccc([N+](=O)[O-])cc1F. The largest absolute Gasteiger partial charge is 0.481 e. The number of ether oxygens (including phenoxy) is 1. The summed E-state index contributed by atoms with van der Waals surface area (Å²) in [6, 6.07) is 3.03. The zero-order valence-corrected chi connectivity index (χ0v) is 10.8. The van der Waals surface area contributed by atoms with Crippen LogP contribution in [0.4, 0.5) is 10.1 Å². The van der Waals surface area contributed by atoms with Crippen LogP contribution in [0, 0.1) is 15.9 Å². The van der Waals surface area contributed by atoms with E-state index < -0.39 is 10.7 Å². The van der Waals surface area contributed by atoms with Crippen LogP contribution in [0.5, 0.6) is 5.75 Å². The van der Waals surface area contributed by atoms with Crippen molar-refractivity contribution in [3.63, 3.8) is 0 Å². The fourth-order valence-electron chi connectivity index (χ4n) is 1.53. The van der Waals surface area contributed by atoms with Crippen LogP contribution in [0.1, 0.15) is 13.8 Å². The zero-order chi connectivity index (χ0) is 14.4. The Labute approximate surface area is 109 Å². The Bertz CT molecular complexity index is 475. The predicted octanol–water partition coefficient (Wildman–Crippen LogP) is 1.98. The molecule has 0 aromatic heterocycles. The summed E-state index contributed by atoms with van der Waals surface area (Å²) in [5, 5.41) is 10.4. The number of carbonyl (C=O) groups is 1. The highest BCUT2D eigenvalue weighted by molar-refractivity contribution is 5.77. The molecule has 7 heteroatoms. The molecule has 0 N–H and O–H groups in total. The number of non-ortho nitro benzene ring substituents is 1. The van der Waals surface area contributed by atoms with Crippen LogP contribution in [-0.4, -0.2) is 35.4 Å². The maximum Gasteiger partial charge on any atom is 0.272 e. The number of rotatable bonds is 6. The third-order valence-corrected chi connectivity index (χ3v) is 2.59. The van der Waals surface area contributed by atoms with Gasteiger partial charge in [-0.15, -0.1) is 0 Å². The van der Waals surface area contributed by atoms with Crippen molar-refractivity contribution in [2.75, 3.05) is 19.7 Å². The van der Waals surface area contributed by atoms with E-state index in [4.69, 9.17) is 4.74 Å². The summed E-state index contributed by atoms with van der Waals surface area (Å²) in [4.78, 5) is 22.9. The van der Waals surface area contributed by atoms with Gasteiger partial charge < -0.3 is 9.64 Å². The van der Waals surface area contributed by atoms with Crippen molar-refractivity contribution < 1.29 is 18.8 Å². The number of nitrogens with zero attached hydrogens (tertiary/aromatic N) is 2. The molecule has 6 nitrogen and oxygen atoms in total. The Hall–Kier alpha value is -2.18. The van der Waals surface area contributed by atoms with E-state index in [0.717, 1.165) is 18.2 Å². The molecule has 0 atom stereocenters. The average molecular weight is 270 g/mol. The van der Waals surface area contributed by atoms with E-state index in [2.05, 4.69) is 0 Å². The van der Waals surface area contributed by atoms with Crippen molar-refractivity contribution in [2.24, 2.45) is 0 Å². The number of nitro groups is 1. The number of nitro benzene ring substituents is 1. The first-order valence-corrected chi connectivity index (χ1v) is 5.84. The third-order valence-electron chi connectivity index (χ3n) is 2.59. The highest BCUT2D eigenvalue weighted by atomic mass is 19.1. The lowest BCUT2D eigenvalue weighted by Gasteiger charge is -2.18. The quantitative estimate of drug-likeness (QED) is 0.585. The first-order valence-electron chi connectivity index (χ1n) is 5.84. The number of carbonyl (C=O) groups excluding carboxylic acids is 1. The molecule has 0 fully saturated rings. The Morgan fingerprint density at radius 2 is 2.05 bits per heavy atom. The molecule has 0 spiro atoms. The zero-order valence-electron chi connectivity index (χ0n) is 10.8. The molecule has 0 unspecified atom stereocenters. The monoisotopic (exact) mass is 270 g/mol. The van der Waals surface area contributed by atoms with Crippen molar-refractivity contribution in [1.82, 2.24) is 4.90 Å². The van der Waals surface area contributed by atoms with E-state index in [1.165, 1.54) is 0 Å². The molecular weight excluding hydrogens is 255 g/mol. The van der Waals surface area contributed by atoms with E-state index in [9.17, 15) is 19.3 Å². The highest BCUT2D eigenvalue weighted by Gasteiger charge is 2.14. The van der Waals surface area contributed by atoms with Crippen molar-refractivity contribution in [3.8, 4) is 5.75 Å². The van der Waals surface area contributed by atoms with Gasteiger partial charge in [-0.05, 0) is 19.9 Å². The summed E-state index contributed by atoms with van der Waals surface area (Å²) in [7, 11) is 0. The normalized spacial score (nSPS) is 10.1. The van der Waals surface area contributed by atoms with Gasteiger partial charge in [0, 0.05) is 19.2 Å². The molecule has 1 aromatic carbocycles. The number of halogens is 1. The number of hydrogen-bond donors (Lipinski definition) is 0. The van der Waals surface area contributed by atoms with Gasteiger partial charge in [-0.1, -0.05) is 0 Å². The molecule has 0 aliphatic carbocycles. The highest BCUT2D eigenvalue weighted by Crippen LogP contribution is 2.22. The van der Waals surface area contributed by atoms with Crippen LogP contribution in [0.25, 0.3) is 0 Å². The van der Waals surface area contributed by atoms with Gasteiger partial charge in [0.2, 0.25) is 0 Å². The molecule has 0 heterocycles. The number of amides is 1. The number of hydrogen-bond acceptors (Lipinski definition) is 4. The van der Waals surface area contributed by atoms with Crippen LogP contribution in [0.15, 0.2) is 18.2 Å². The van der Waals surface area contributed by atoms with Crippen LogP contribution in [-0.2, 0) is 4.79 Å². The summed E-state index contributed by atoms with van der Waals surface area (Å²) < 4.78 is 18.5. The van der Waals surface area contributed by atoms with Gasteiger partial charge in [-0.2, -0.15) is 0 Å². The van der Waals surface area contributed by atoms with Gasteiger partial charge in [0.1, 0.15) is 0 Å². The number of benzene rings is 1. The summed E-state index contributed by atoms with van der Waals surface area (Å²) >= 11 is 0. The lowest BCUT2D eigenvalue weighted by Crippen LogP contribution is -2.34. The van der Waals surface area contributed by atoms with E-state index in [-0.39, 0.29) is 24.0 Å². The summed E-state index contributed by atoms with van der Waals surface area (Å²) in [6.45, 7) is 4.45. The van der Waals surface area contributed by atoms with Crippen molar-refractivity contribution in [3.05, 3.63) is 34.1 Å². The molecule has 0 saturated carbocycles. The lowest BCUT2D eigenvalue weighted by atomic mass is 10.3. The molecule has 19 heavy (non-hydrogen) atoms. The Morgan fingerprint density at radius 1 is 1.42 bits per heavy atom. The van der Waals surface area contributed by atoms with Gasteiger partial charge in [0.05, 0.1) is 11.0 Å². The second-order valence-electron chi connectivity index (χ2n) is 3.73. The topological polar surface area (TPSA) is 72.7 Å².